The van der Waals surface area contributed by atoms with Gasteiger partial charge in [0.1, 0.15) is 18.3 Å². The Morgan fingerprint density at radius 2 is 2.16 bits per heavy atom. The number of hydrogen-bond acceptors (Lipinski definition) is 6. The van der Waals surface area contributed by atoms with E-state index in [1.54, 1.807) is 24.4 Å². The lowest BCUT2D eigenvalue weighted by Crippen LogP contribution is -2.33. The fourth-order valence-corrected chi connectivity index (χ4v) is 2.24. The second-order valence-corrected chi connectivity index (χ2v) is 4.38. The van der Waals surface area contributed by atoms with Crippen molar-refractivity contribution in [2.45, 2.75) is 24.5 Å². The molecule has 0 radical (unpaired) electrons. The Bertz CT molecular complexity index is 601. The molecule has 0 aromatic carbocycles. The molecule has 0 saturated carbocycles. The minimum atomic E-state index is -1.26. The van der Waals surface area contributed by atoms with E-state index in [-0.39, 0.29) is 0 Å². The number of nitrogens with zero attached hydrogens (tertiary/aromatic N) is 3. The van der Waals surface area contributed by atoms with E-state index < -0.39 is 37.2 Å². The molecule has 1 aliphatic heterocycles. The molecule has 1 saturated heterocycles. The zero-order chi connectivity index (χ0) is 13.6. The highest BCUT2D eigenvalue weighted by atomic mass is 16.6. The van der Waals surface area contributed by atoms with Crippen molar-refractivity contribution in [3.05, 3.63) is 24.4 Å². The van der Waals surface area contributed by atoms with E-state index in [0.717, 1.165) is 0 Å². The van der Waals surface area contributed by atoms with E-state index in [1.807, 2.05) is 0 Å². The van der Waals surface area contributed by atoms with Gasteiger partial charge < -0.3 is 25.2 Å². The number of hydrogen-bond donors (Lipinski definition) is 3. The molecule has 1 unspecified atom stereocenters. The highest BCUT2D eigenvalue weighted by Gasteiger charge is 2.47. The first-order chi connectivity index (χ1) is 9.13. The van der Waals surface area contributed by atoms with Crippen LogP contribution >= 0.6 is 0 Å². The maximum atomic E-state index is 11.7. The number of aliphatic hydroxyl groups excluding tert-OH is 3. The van der Waals surface area contributed by atoms with Crippen LogP contribution in [0.1, 0.15) is 6.23 Å². The molecule has 0 aliphatic carbocycles. The number of ether oxygens (including phenoxy) is 1. The first-order valence-electron chi connectivity index (χ1n) is 5.82. The molecule has 8 heteroatoms. The molecule has 0 spiro atoms. The van der Waals surface area contributed by atoms with E-state index in [4.69, 9.17) is 9.84 Å². The normalized spacial score (nSPS) is 31.1. The highest BCUT2D eigenvalue weighted by molar-refractivity contribution is 5.30. The molecule has 0 bridgehead atoms. The van der Waals surface area contributed by atoms with Gasteiger partial charge in [-0.05, 0) is 6.07 Å². The fraction of sp³-hybridized carbons (Fsp3) is 0.455. The van der Waals surface area contributed by atoms with Crippen molar-refractivity contribution < 1.29 is 29.6 Å². The summed E-state index contributed by atoms with van der Waals surface area (Å²) in [4.78, 5) is 0. The predicted octanol–water partition coefficient (Wildman–Crippen LogP) is -2.69. The molecule has 3 heterocycles. The van der Waals surface area contributed by atoms with Gasteiger partial charge in [0.15, 0.2) is 0 Å². The summed E-state index contributed by atoms with van der Waals surface area (Å²) in [6.45, 7) is -0.425. The maximum absolute atomic E-state index is 11.7. The number of aliphatic hydroxyl groups is 3. The predicted molar refractivity (Wildman–Crippen MR) is 57.8 cm³/mol. The third kappa shape index (κ3) is 1.77. The third-order valence-electron chi connectivity index (χ3n) is 3.23. The monoisotopic (exact) mass is 267 g/mol. The van der Waals surface area contributed by atoms with Crippen LogP contribution in [0, 0.1) is 0 Å². The Balaban J connectivity index is 2.06. The summed E-state index contributed by atoms with van der Waals surface area (Å²) < 4.78 is 7.86. The standard InChI is InChI=1S/C11H13N3O5/c15-5-6-8(16)9(17)10(19-6)14-7-3-1-2-4-13(7)11(18)12-14/h1-4,6,8-10,15-17H,5H2/t6-,8-,9?,10-/m1/s1. The van der Waals surface area contributed by atoms with Crippen LogP contribution in [0.5, 0.6) is 6.01 Å². The summed E-state index contributed by atoms with van der Waals surface area (Å²) in [6.07, 6.45) is -2.85. The van der Waals surface area contributed by atoms with Gasteiger partial charge in [0.05, 0.1) is 12.8 Å². The van der Waals surface area contributed by atoms with Crippen molar-refractivity contribution in [1.29, 1.82) is 0 Å². The molecule has 1 fully saturated rings. The third-order valence-corrected chi connectivity index (χ3v) is 3.23. The van der Waals surface area contributed by atoms with Gasteiger partial charge in [0.2, 0.25) is 12.2 Å². The van der Waals surface area contributed by atoms with Crippen molar-refractivity contribution in [3.8, 4) is 6.01 Å². The number of aromatic nitrogens is 3. The molecule has 1 aliphatic rings. The highest BCUT2D eigenvalue weighted by Crippen LogP contribution is 2.29. The van der Waals surface area contributed by atoms with Gasteiger partial charge in [-0.1, -0.05) is 10.7 Å². The minimum absolute atomic E-state index is 0.425. The Morgan fingerprint density at radius 3 is 2.84 bits per heavy atom. The van der Waals surface area contributed by atoms with E-state index >= 15 is 0 Å². The Morgan fingerprint density at radius 1 is 1.37 bits per heavy atom. The quantitative estimate of drug-likeness (QED) is 0.510. The summed E-state index contributed by atoms with van der Waals surface area (Å²) >= 11 is 0. The second-order valence-electron chi connectivity index (χ2n) is 4.38. The van der Waals surface area contributed by atoms with Crippen molar-refractivity contribution in [2.75, 3.05) is 6.61 Å². The van der Waals surface area contributed by atoms with E-state index in [9.17, 15) is 15.3 Å². The first-order valence-corrected chi connectivity index (χ1v) is 5.82. The summed E-state index contributed by atoms with van der Waals surface area (Å²) in [5.74, 6) is 0. The molecule has 3 rings (SSSR count). The molecular weight excluding hydrogens is 254 g/mol. The summed E-state index contributed by atoms with van der Waals surface area (Å²) in [5, 5.41) is 44.1. The van der Waals surface area contributed by atoms with Crippen LogP contribution in [0.25, 0.3) is 5.65 Å². The van der Waals surface area contributed by atoms with Gasteiger partial charge in [-0.15, -0.1) is 0 Å². The molecular formula is C11H13N3O5. The van der Waals surface area contributed by atoms with Gasteiger partial charge in [-0.2, -0.15) is 0 Å². The average molecular weight is 267 g/mol. The molecule has 102 valence electrons. The molecule has 8 nitrogen and oxygen atoms in total. The Kier molecular flexibility index (Phi) is 2.86. The zero-order valence-electron chi connectivity index (χ0n) is 9.83. The van der Waals surface area contributed by atoms with E-state index in [1.165, 1.54) is 9.08 Å². The van der Waals surface area contributed by atoms with Gasteiger partial charge in [0, 0.05) is 11.2 Å². The minimum Gasteiger partial charge on any atom is -0.817 e. The maximum Gasteiger partial charge on any atom is 0.267 e. The summed E-state index contributed by atoms with van der Waals surface area (Å²) in [5.41, 5.74) is 0.433. The molecule has 3 N–H and O–H groups in total. The lowest BCUT2D eigenvalue weighted by Gasteiger charge is -2.10. The molecule has 0 amide bonds. The average Bonchev–Trinajstić information content (AvgIpc) is 2.90. The molecule has 2 aromatic rings. The largest absolute Gasteiger partial charge is 0.817 e. The molecule has 2 aromatic heterocycles. The van der Waals surface area contributed by atoms with Crippen LogP contribution in [0.2, 0.25) is 0 Å². The van der Waals surface area contributed by atoms with Crippen molar-refractivity contribution in [3.63, 3.8) is 0 Å². The van der Waals surface area contributed by atoms with Crippen molar-refractivity contribution in [2.24, 2.45) is 0 Å². The van der Waals surface area contributed by atoms with Crippen LogP contribution in [0.15, 0.2) is 24.4 Å². The van der Waals surface area contributed by atoms with Crippen LogP contribution in [0.4, 0.5) is 0 Å². The van der Waals surface area contributed by atoms with Gasteiger partial charge in [0.25, 0.3) is 5.65 Å². The zero-order valence-corrected chi connectivity index (χ0v) is 9.83. The van der Waals surface area contributed by atoms with Gasteiger partial charge >= 0.3 is 0 Å². The first kappa shape index (κ1) is 12.3. The summed E-state index contributed by atoms with van der Waals surface area (Å²) in [6, 6.07) is 4.53. The van der Waals surface area contributed by atoms with E-state index in [0.29, 0.717) is 5.65 Å². The molecule has 4 atom stereocenters. The van der Waals surface area contributed by atoms with Crippen molar-refractivity contribution >= 4 is 5.65 Å². The SMILES string of the molecule is [O-]c1nn([C@@H]2O[C@H](CO)[C@@H](O)C2O)c2cccc[n+]12. The Hall–Kier alpha value is -1.74. The molecule has 19 heavy (non-hydrogen) atoms. The van der Waals surface area contributed by atoms with Crippen LogP contribution in [-0.2, 0) is 4.74 Å². The fourth-order valence-electron chi connectivity index (χ4n) is 2.24. The van der Waals surface area contributed by atoms with Crippen LogP contribution in [-0.4, -0.2) is 50.0 Å². The second kappa shape index (κ2) is 4.42. The van der Waals surface area contributed by atoms with Gasteiger partial charge in [-0.3, -0.25) is 0 Å². The Labute approximate surface area is 107 Å². The summed E-state index contributed by atoms with van der Waals surface area (Å²) in [7, 11) is 0. The van der Waals surface area contributed by atoms with Crippen molar-refractivity contribution in [1.82, 2.24) is 9.78 Å². The number of pyridine rings is 1. The van der Waals surface area contributed by atoms with E-state index in [2.05, 4.69) is 5.10 Å². The van der Waals surface area contributed by atoms with Gasteiger partial charge in [-0.25, -0.2) is 4.40 Å². The lowest BCUT2D eigenvalue weighted by atomic mass is 10.1. The smallest absolute Gasteiger partial charge is 0.267 e. The lowest BCUT2D eigenvalue weighted by molar-refractivity contribution is -0.586. The number of rotatable bonds is 2. The van der Waals surface area contributed by atoms with Crippen LogP contribution < -0.4 is 9.51 Å². The van der Waals surface area contributed by atoms with Crippen LogP contribution in [0.3, 0.4) is 0 Å². The number of fused-ring (bicyclic) bond motifs is 1. The topological polar surface area (TPSA) is 115 Å².